The van der Waals surface area contributed by atoms with Gasteiger partial charge in [0, 0.05) is 23.7 Å². The number of nitrogens with one attached hydrogen (secondary N) is 2. The van der Waals surface area contributed by atoms with Crippen molar-refractivity contribution in [1.82, 2.24) is 15.0 Å². The maximum absolute atomic E-state index is 4.38. The van der Waals surface area contributed by atoms with Crippen molar-refractivity contribution in [1.29, 1.82) is 0 Å². The minimum Gasteiger partial charge on any atom is -0.370 e. The van der Waals surface area contributed by atoms with Crippen LogP contribution in [-0.2, 0) is 13.0 Å². The molecule has 0 spiro atoms. The molecule has 2 aromatic heterocycles. The first kappa shape index (κ1) is 13.7. The van der Waals surface area contributed by atoms with E-state index in [1.807, 2.05) is 26.1 Å². The smallest absolute Gasteiger partial charge is 0.132 e. The van der Waals surface area contributed by atoms with Crippen molar-refractivity contribution in [2.24, 2.45) is 0 Å². The van der Waals surface area contributed by atoms with Gasteiger partial charge in [0.2, 0.25) is 0 Å². The van der Waals surface area contributed by atoms with E-state index in [0.29, 0.717) is 6.54 Å². The third-order valence-electron chi connectivity index (χ3n) is 2.57. The van der Waals surface area contributed by atoms with Crippen LogP contribution < -0.4 is 10.6 Å². The van der Waals surface area contributed by atoms with Gasteiger partial charge < -0.3 is 10.6 Å². The van der Waals surface area contributed by atoms with Gasteiger partial charge in [-0.15, -0.1) is 11.3 Å². The van der Waals surface area contributed by atoms with Gasteiger partial charge in [-0.2, -0.15) is 0 Å². The fourth-order valence-corrected chi connectivity index (χ4v) is 2.49. The lowest BCUT2D eigenvalue weighted by molar-refractivity contribution is 1.00. The summed E-state index contributed by atoms with van der Waals surface area (Å²) in [4.78, 5) is 14.4. The number of rotatable bonds is 6. The van der Waals surface area contributed by atoms with E-state index in [9.17, 15) is 0 Å². The van der Waals surface area contributed by atoms with E-state index >= 15 is 0 Å². The first-order chi connectivity index (χ1) is 9.21. The molecule has 0 aliphatic heterocycles. The van der Waals surface area contributed by atoms with Crippen LogP contribution in [0.4, 0.5) is 11.6 Å². The number of aryl methyl sites for hydroxylation is 2. The van der Waals surface area contributed by atoms with Crippen molar-refractivity contribution in [3.8, 4) is 0 Å². The van der Waals surface area contributed by atoms with Crippen LogP contribution in [0.3, 0.4) is 0 Å². The molecular weight excluding hydrogens is 258 g/mol. The molecule has 0 aliphatic rings. The summed E-state index contributed by atoms with van der Waals surface area (Å²) in [5.41, 5.74) is 0. The number of nitrogens with zero attached hydrogens (tertiary/aromatic N) is 3. The van der Waals surface area contributed by atoms with Crippen LogP contribution in [0.5, 0.6) is 0 Å². The molecule has 0 unspecified atom stereocenters. The first-order valence-electron chi connectivity index (χ1n) is 6.48. The average molecular weight is 277 g/mol. The summed E-state index contributed by atoms with van der Waals surface area (Å²) in [6, 6.07) is 1.92. The Morgan fingerprint density at radius 3 is 2.53 bits per heavy atom. The summed E-state index contributed by atoms with van der Waals surface area (Å²) in [5.74, 6) is 2.44. The third kappa shape index (κ3) is 3.89. The molecule has 2 aromatic rings. The van der Waals surface area contributed by atoms with Crippen molar-refractivity contribution in [3.63, 3.8) is 0 Å². The third-order valence-corrected chi connectivity index (χ3v) is 3.71. The van der Waals surface area contributed by atoms with Crippen molar-refractivity contribution in [3.05, 3.63) is 28.0 Å². The molecule has 2 rings (SSSR count). The Morgan fingerprint density at radius 2 is 1.89 bits per heavy atom. The summed E-state index contributed by atoms with van der Waals surface area (Å²) in [5, 5.41) is 7.57. The molecule has 0 aromatic carbocycles. The van der Waals surface area contributed by atoms with Gasteiger partial charge in [0.05, 0.1) is 6.54 Å². The lowest BCUT2D eigenvalue weighted by Crippen LogP contribution is -2.06. The predicted octanol–water partition coefficient (Wildman–Crippen LogP) is 2.85. The monoisotopic (exact) mass is 277 g/mol. The van der Waals surface area contributed by atoms with E-state index in [0.717, 1.165) is 35.4 Å². The van der Waals surface area contributed by atoms with Crippen LogP contribution in [0.1, 0.15) is 29.6 Å². The van der Waals surface area contributed by atoms with Crippen molar-refractivity contribution in [2.75, 3.05) is 17.2 Å². The first-order valence-corrected chi connectivity index (χ1v) is 7.30. The Labute approximate surface area is 117 Å². The topological polar surface area (TPSA) is 62.7 Å². The van der Waals surface area contributed by atoms with Gasteiger partial charge >= 0.3 is 0 Å². The highest BCUT2D eigenvalue weighted by atomic mass is 32.1. The summed E-state index contributed by atoms with van der Waals surface area (Å²) in [7, 11) is 0. The molecule has 0 bridgehead atoms. The van der Waals surface area contributed by atoms with E-state index in [-0.39, 0.29) is 0 Å². The predicted molar refractivity (Wildman–Crippen MR) is 79.8 cm³/mol. The minimum atomic E-state index is 0.701. The maximum Gasteiger partial charge on any atom is 0.132 e. The summed E-state index contributed by atoms with van der Waals surface area (Å²) < 4.78 is 0. The Morgan fingerprint density at radius 1 is 1.16 bits per heavy atom. The average Bonchev–Trinajstić information content (AvgIpc) is 2.84. The van der Waals surface area contributed by atoms with Crippen LogP contribution in [0.25, 0.3) is 0 Å². The molecular formula is C13H19N5S. The molecule has 0 atom stereocenters. The van der Waals surface area contributed by atoms with Crippen molar-refractivity contribution < 1.29 is 0 Å². The zero-order chi connectivity index (χ0) is 13.7. The number of hydrogen-bond acceptors (Lipinski definition) is 6. The Kier molecular flexibility index (Phi) is 4.68. The van der Waals surface area contributed by atoms with Gasteiger partial charge in [-0.3, -0.25) is 0 Å². The quantitative estimate of drug-likeness (QED) is 0.850. The van der Waals surface area contributed by atoms with Gasteiger partial charge in [0.15, 0.2) is 0 Å². The van der Waals surface area contributed by atoms with Gasteiger partial charge in [0.25, 0.3) is 0 Å². The largest absolute Gasteiger partial charge is 0.370 e. The molecule has 0 amide bonds. The molecule has 6 heteroatoms. The van der Waals surface area contributed by atoms with E-state index in [1.54, 1.807) is 11.3 Å². The molecule has 5 nitrogen and oxygen atoms in total. The van der Waals surface area contributed by atoms with E-state index < -0.39 is 0 Å². The van der Waals surface area contributed by atoms with Gasteiger partial charge in [-0.05, 0) is 20.3 Å². The summed E-state index contributed by atoms with van der Waals surface area (Å²) in [6.45, 7) is 7.63. The van der Waals surface area contributed by atoms with Crippen molar-refractivity contribution >= 4 is 23.0 Å². The van der Waals surface area contributed by atoms with Crippen LogP contribution >= 0.6 is 11.3 Å². The zero-order valence-electron chi connectivity index (χ0n) is 11.5. The normalized spacial score (nSPS) is 10.5. The fraction of sp³-hybridized carbons (Fsp3) is 0.462. The molecule has 0 saturated carbocycles. The Bertz CT molecular complexity index is 538. The van der Waals surface area contributed by atoms with Crippen LogP contribution in [0.15, 0.2) is 12.3 Å². The van der Waals surface area contributed by atoms with Crippen LogP contribution in [0.2, 0.25) is 0 Å². The molecule has 2 heterocycles. The second kappa shape index (κ2) is 6.47. The highest BCUT2D eigenvalue weighted by Crippen LogP contribution is 2.16. The van der Waals surface area contributed by atoms with Crippen molar-refractivity contribution in [2.45, 2.75) is 33.7 Å². The fourth-order valence-electron chi connectivity index (χ4n) is 1.69. The van der Waals surface area contributed by atoms with Gasteiger partial charge in [0.1, 0.15) is 22.5 Å². The van der Waals surface area contributed by atoms with Gasteiger partial charge in [-0.25, -0.2) is 15.0 Å². The number of thiazole rings is 1. The highest BCUT2D eigenvalue weighted by molar-refractivity contribution is 7.11. The molecule has 0 radical (unpaired) electrons. The Balaban J connectivity index is 2.02. The molecule has 0 fully saturated rings. The number of hydrogen-bond donors (Lipinski definition) is 2. The SMILES string of the molecule is CCNc1cc(NCc2ncc(CC)s2)nc(C)n1. The molecule has 19 heavy (non-hydrogen) atoms. The molecule has 0 saturated heterocycles. The molecule has 0 aliphatic carbocycles. The highest BCUT2D eigenvalue weighted by Gasteiger charge is 2.03. The van der Waals surface area contributed by atoms with Gasteiger partial charge in [-0.1, -0.05) is 6.92 Å². The Hall–Kier alpha value is -1.69. The minimum absolute atomic E-state index is 0.701. The molecule has 102 valence electrons. The standard InChI is InChI=1S/C13H19N5S/c1-4-10-7-16-13(19-10)8-15-12-6-11(14-5-2)17-9(3)18-12/h6-7H,4-5,8H2,1-3H3,(H2,14,15,17,18). The van der Waals surface area contributed by atoms with E-state index in [2.05, 4.69) is 32.5 Å². The van der Waals surface area contributed by atoms with Crippen LogP contribution in [0, 0.1) is 6.92 Å². The number of aromatic nitrogens is 3. The summed E-state index contributed by atoms with van der Waals surface area (Å²) in [6.07, 6.45) is 2.98. The second-order valence-electron chi connectivity index (χ2n) is 4.14. The second-order valence-corrected chi connectivity index (χ2v) is 5.34. The van der Waals surface area contributed by atoms with Crippen LogP contribution in [-0.4, -0.2) is 21.5 Å². The zero-order valence-corrected chi connectivity index (χ0v) is 12.3. The maximum atomic E-state index is 4.38. The number of anilines is 2. The molecule has 2 N–H and O–H groups in total. The summed E-state index contributed by atoms with van der Waals surface area (Å²) >= 11 is 1.74. The van der Waals surface area contributed by atoms with E-state index in [4.69, 9.17) is 0 Å². The lowest BCUT2D eigenvalue weighted by Gasteiger charge is -2.08. The van der Waals surface area contributed by atoms with E-state index in [1.165, 1.54) is 4.88 Å². The lowest BCUT2D eigenvalue weighted by atomic mass is 10.4.